The first-order valence-corrected chi connectivity index (χ1v) is 7.68. The Kier molecular flexibility index (Phi) is 3.86. The number of fused-ring (bicyclic) bond motifs is 1. The maximum Gasteiger partial charge on any atom is 0.224 e. The molecule has 0 unspecified atom stereocenters. The minimum atomic E-state index is 0.00487. The number of nitrogens with zero attached hydrogens (tertiary/aromatic N) is 3. The van der Waals surface area contributed by atoms with Crippen LogP contribution in [0, 0.1) is 13.8 Å². The van der Waals surface area contributed by atoms with Crippen LogP contribution in [0.5, 0.6) is 0 Å². The topological polar surface area (TPSA) is 59.8 Å². The van der Waals surface area contributed by atoms with E-state index < -0.39 is 0 Å². The summed E-state index contributed by atoms with van der Waals surface area (Å²) in [6.45, 7) is 5.93. The molecule has 0 saturated carbocycles. The number of hydrogen-bond acceptors (Lipinski definition) is 3. The SMILES string of the molecule is CCC(=O)Nc1ccc(C)c2nc(-c3cncn3C)cc(C)c12. The smallest absolute Gasteiger partial charge is 0.224 e. The number of benzene rings is 1. The molecule has 0 aliphatic heterocycles. The van der Waals surface area contributed by atoms with E-state index >= 15 is 0 Å². The molecule has 5 heteroatoms. The quantitative estimate of drug-likeness (QED) is 0.804. The van der Waals surface area contributed by atoms with Crippen molar-refractivity contribution in [2.75, 3.05) is 5.32 Å². The van der Waals surface area contributed by atoms with E-state index in [2.05, 4.69) is 10.3 Å². The van der Waals surface area contributed by atoms with Crippen molar-refractivity contribution in [3.8, 4) is 11.4 Å². The van der Waals surface area contributed by atoms with Gasteiger partial charge >= 0.3 is 0 Å². The predicted octanol–water partition coefficient (Wildman–Crippen LogP) is 3.60. The predicted molar refractivity (Wildman–Crippen MR) is 92.3 cm³/mol. The number of anilines is 1. The lowest BCUT2D eigenvalue weighted by atomic mass is 10.0. The summed E-state index contributed by atoms with van der Waals surface area (Å²) in [5, 5.41) is 3.97. The Morgan fingerprint density at radius 3 is 2.70 bits per heavy atom. The zero-order chi connectivity index (χ0) is 16.6. The molecule has 1 N–H and O–H groups in total. The first-order chi connectivity index (χ1) is 11.0. The molecule has 0 fully saturated rings. The summed E-state index contributed by atoms with van der Waals surface area (Å²) in [6.07, 6.45) is 4.03. The van der Waals surface area contributed by atoms with Gasteiger partial charge in [0.2, 0.25) is 5.91 Å². The minimum absolute atomic E-state index is 0.00487. The van der Waals surface area contributed by atoms with Crippen LogP contribution in [0.4, 0.5) is 5.69 Å². The van der Waals surface area contributed by atoms with Gasteiger partial charge < -0.3 is 9.88 Å². The van der Waals surface area contributed by atoms with Gasteiger partial charge in [0, 0.05) is 18.9 Å². The van der Waals surface area contributed by atoms with Gasteiger partial charge in [-0.2, -0.15) is 0 Å². The number of carbonyl (C=O) groups excluding carboxylic acids is 1. The van der Waals surface area contributed by atoms with E-state index in [4.69, 9.17) is 4.98 Å². The highest BCUT2D eigenvalue weighted by Gasteiger charge is 2.13. The van der Waals surface area contributed by atoms with Crippen LogP contribution in [0.25, 0.3) is 22.3 Å². The lowest BCUT2D eigenvalue weighted by Crippen LogP contribution is -2.10. The second kappa shape index (κ2) is 5.83. The van der Waals surface area contributed by atoms with Crippen molar-refractivity contribution in [1.29, 1.82) is 0 Å². The fourth-order valence-electron chi connectivity index (χ4n) is 2.75. The number of aromatic nitrogens is 3. The molecule has 0 bridgehead atoms. The van der Waals surface area contributed by atoms with E-state index in [0.717, 1.165) is 39.1 Å². The van der Waals surface area contributed by atoms with Crippen molar-refractivity contribution in [3.63, 3.8) is 0 Å². The highest BCUT2D eigenvalue weighted by Crippen LogP contribution is 2.31. The third-order valence-corrected chi connectivity index (χ3v) is 4.03. The van der Waals surface area contributed by atoms with Gasteiger partial charge in [-0.25, -0.2) is 9.97 Å². The molecule has 1 aromatic carbocycles. The third kappa shape index (κ3) is 2.70. The van der Waals surface area contributed by atoms with Crippen LogP contribution in [-0.2, 0) is 11.8 Å². The van der Waals surface area contributed by atoms with Crippen molar-refractivity contribution < 1.29 is 4.79 Å². The van der Waals surface area contributed by atoms with Crippen LogP contribution in [0.2, 0.25) is 0 Å². The largest absolute Gasteiger partial charge is 0.332 e. The van der Waals surface area contributed by atoms with E-state index in [0.29, 0.717) is 6.42 Å². The fraction of sp³-hybridized carbons (Fsp3) is 0.278. The van der Waals surface area contributed by atoms with Crippen molar-refractivity contribution in [2.45, 2.75) is 27.2 Å². The number of hydrogen-bond donors (Lipinski definition) is 1. The normalized spacial score (nSPS) is 11.0. The van der Waals surface area contributed by atoms with Crippen LogP contribution < -0.4 is 5.32 Å². The molecule has 1 amide bonds. The summed E-state index contributed by atoms with van der Waals surface area (Å²) in [5.74, 6) is 0.00487. The zero-order valence-corrected chi connectivity index (χ0v) is 13.8. The van der Waals surface area contributed by atoms with Gasteiger partial charge in [0.15, 0.2) is 0 Å². The zero-order valence-electron chi connectivity index (χ0n) is 13.8. The molecule has 118 valence electrons. The van der Waals surface area contributed by atoms with Gasteiger partial charge in [0.25, 0.3) is 0 Å². The lowest BCUT2D eigenvalue weighted by Gasteiger charge is -2.14. The molecule has 0 radical (unpaired) electrons. The van der Waals surface area contributed by atoms with Crippen LogP contribution in [0.15, 0.2) is 30.7 Å². The Bertz CT molecular complexity index is 895. The maximum atomic E-state index is 11.8. The Labute approximate surface area is 135 Å². The molecule has 0 spiro atoms. The second-order valence-electron chi connectivity index (χ2n) is 5.77. The molecule has 0 aliphatic rings. The first-order valence-electron chi connectivity index (χ1n) is 7.68. The maximum absolute atomic E-state index is 11.8. The molecule has 3 rings (SSSR count). The molecular formula is C18H20N4O. The summed E-state index contributed by atoms with van der Waals surface area (Å²) < 4.78 is 1.95. The van der Waals surface area contributed by atoms with Gasteiger partial charge in [-0.15, -0.1) is 0 Å². The highest BCUT2D eigenvalue weighted by atomic mass is 16.1. The van der Waals surface area contributed by atoms with Crippen molar-refractivity contribution in [3.05, 3.63) is 41.9 Å². The molecule has 5 nitrogen and oxygen atoms in total. The molecule has 0 aliphatic carbocycles. The van der Waals surface area contributed by atoms with Gasteiger partial charge in [0.05, 0.1) is 35.1 Å². The van der Waals surface area contributed by atoms with E-state index in [1.807, 2.05) is 56.8 Å². The number of amides is 1. The number of carbonyl (C=O) groups is 1. The van der Waals surface area contributed by atoms with Crippen molar-refractivity contribution in [1.82, 2.24) is 14.5 Å². The molecule has 2 aromatic heterocycles. The van der Waals surface area contributed by atoms with Crippen LogP contribution >= 0.6 is 0 Å². The summed E-state index contributed by atoms with van der Waals surface area (Å²) in [7, 11) is 1.95. The average Bonchev–Trinajstić information content (AvgIpc) is 2.96. The summed E-state index contributed by atoms with van der Waals surface area (Å²) in [6, 6.07) is 5.98. The summed E-state index contributed by atoms with van der Waals surface area (Å²) in [5.41, 5.74) is 5.76. The number of aryl methyl sites for hydroxylation is 3. The monoisotopic (exact) mass is 308 g/mol. The molecule has 0 saturated heterocycles. The number of rotatable bonds is 3. The van der Waals surface area contributed by atoms with Gasteiger partial charge in [-0.3, -0.25) is 4.79 Å². The minimum Gasteiger partial charge on any atom is -0.332 e. The molecule has 2 heterocycles. The van der Waals surface area contributed by atoms with Gasteiger partial charge in [-0.05, 0) is 37.1 Å². The Hall–Kier alpha value is -2.69. The standard InChI is InChI=1S/C18H20N4O/c1-5-16(23)20-13-7-6-11(2)18-17(13)12(3)8-14(21-18)15-9-19-10-22(15)4/h6-10H,5H2,1-4H3,(H,20,23). The molecule has 23 heavy (non-hydrogen) atoms. The molecule has 0 atom stereocenters. The van der Waals surface area contributed by atoms with E-state index in [-0.39, 0.29) is 5.91 Å². The highest BCUT2D eigenvalue weighted by molar-refractivity contribution is 6.03. The van der Waals surface area contributed by atoms with Crippen LogP contribution in [0.1, 0.15) is 24.5 Å². The summed E-state index contributed by atoms with van der Waals surface area (Å²) >= 11 is 0. The van der Waals surface area contributed by atoms with Crippen LogP contribution in [0.3, 0.4) is 0 Å². The summed E-state index contributed by atoms with van der Waals surface area (Å²) in [4.78, 5) is 20.8. The number of imidazole rings is 1. The molecular weight excluding hydrogens is 288 g/mol. The van der Waals surface area contributed by atoms with Crippen molar-refractivity contribution in [2.24, 2.45) is 7.05 Å². The Balaban J connectivity index is 2.23. The van der Waals surface area contributed by atoms with Crippen LogP contribution in [-0.4, -0.2) is 20.4 Å². The second-order valence-corrected chi connectivity index (χ2v) is 5.77. The van der Waals surface area contributed by atoms with Gasteiger partial charge in [-0.1, -0.05) is 13.0 Å². The van der Waals surface area contributed by atoms with Gasteiger partial charge in [0.1, 0.15) is 0 Å². The lowest BCUT2D eigenvalue weighted by molar-refractivity contribution is -0.115. The van der Waals surface area contributed by atoms with E-state index in [1.54, 1.807) is 6.33 Å². The average molecular weight is 308 g/mol. The number of nitrogens with one attached hydrogen (secondary N) is 1. The Morgan fingerprint density at radius 1 is 1.26 bits per heavy atom. The fourth-order valence-corrected chi connectivity index (χ4v) is 2.75. The third-order valence-electron chi connectivity index (χ3n) is 4.03. The van der Waals surface area contributed by atoms with Crippen molar-refractivity contribution >= 4 is 22.5 Å². The van der Waals surface area contributed by atoms with E-state index in [9.17, 15) is 4.79 Å². The molecule has 3 aromatic rings. The first kappa shape index (κ1) is 15.2. The Morgan fingerprint density at radius 2 is 2.04 bits per heavy atom. The number of pyridine rings is 1. The van der Waals surface area contributed by atoms with E-state index in [1.165, 1.54) is 0 Å².